The Labute approximate surface area is 152 Å². The molecule has 5 nitrogen and oxygen atoms in total. The molecule has 0 spiro atoms. The van der Waals surface area contributed by atoms with Crippen LogP contribution in [0.2, 0.25) is 0 Å². The molecule has 124 valence electrons. The Bertz CT molecular complexity index is 1080. The van der Waals surface area contributed by atoms with Gasteiger partial charge in [0.1, 0.15) is 0 Å². The van der Waals surface area contributed by atoms with Gasteiger partial charge in [0.25, 0.3) is 0 Å². The molecule has 2 aromatic heterocycles. The quantitative estimate of drug-likeness (QED) is 0.567. The van der Waals surface area contributed by atoms with Crippen LogP contribution in [0.25, 0.3) is 22.6 Å². The highest BCUT2D eigenvalue weighted by molar-refractivity contribution is 9.10. The van der Waals surface area contributed by atoms with Gasteiger partial charge in [-0.2, -0.15) is 0 Å². The van der Waals surface area contributed by atoms with Gasteiger partial charge in [-0.25, -0.2) is 14.8 Å². The van der Waals surface area contributed by atoms with Crippen LogP contribution in [-0.4, -0.2) is 19.5 Å². The molecule has 6 heteroatoms. The average Bonchev–Trinajstić information content (AvgIpc) is 2.97. The normalized spacial score (nSPS) is 12.4. The van der Waals surface area contributed by atoms with Crippen LogP contribution in [0.15, 0.2) is 70.1 Å². The van der Waals surface area contributed by atoms with Crippen LogP contribution < -0.4 is 5.69 Å². The summed E-state index contributed by atoms with van der Waals surface area (Å²) in [4.78, 5) is 24.3. The summed E-state index contributed by atoms with van der Waals surface area (Å²) in [6.07, 6.45) is 1.68. The van der Waals surface area contributed by atoms with Gasteiger partial charge in [0, 0.05) is 10.0 Å². The van der Waals surface area contributed by atoms with Crippen molar-refractivity contribution in [3.8, 4) is 11.3 Å². The third kappa shape index (κ3) is 2.89. The van der Waals surface area contributed by atoms with Crippen molar-refractivity contribution in [3.05, 3.63) is 81.3 Å². The fraction of sp³-hybridized carbons (Fsp3) is 0.105. The molecule has 0 saturated carbocycles. The second-order valence-electron chi connectivity index (χ2n) is 5.82. The van der Waals surface area contributed by atoms with Gasteiger partial charge in [0.05, 0.1) is 17.9 Å². The lowest BCUT2D eigenvalue weighted by Gasteiger charge is -2.13. The van der Waals surface area contributed by atoms with Crippen molar-refractivity contribution in [2.24, 2.45) is 0 Å². The van der Waals surface area contributed by atoms with Crippen molar-refractivity contribution < 1.29 is 0 Å². The summed E-state index contributed by atoms with van der Waals surface area (Å²) in [7, 11) is 0. The Morgan fingerprint density at radius 2 is 1.80 bits per heavy atom. The topological polar surface area (TPSA) is 63.6 Å². The highest BCUT2D eigenvalue weighted by atomic mass is 79.9. The maximum atomic E-state index is 12.5. The van der Waals surface area contributed by atoms with E-state index in [0.29, 0.717) is 11.3 Å². The molecule has 0 aliphatic rings. The molecule has 4 aromatic rings. The van der Waals surface area contributed by atoms with Crippen LogP contribution in [0.1, 0.15) is 18.5 Å². The van der Waals surface area contributed by atoms with E-state index < -0.39 is 0 Å². The first-order chi connectivity index (χ1) is 12.1. The van der Waals surface area contributed by atoms with Crippen LogP contribution in [0, 0.1) is 0 Å². The van der Waals surface area contributed by atoms with E-state index in [1.807, 2.05) is 61.5 Å². The Kier molecular flexibility index (Phi) is 3.97. The SMILES string of the molecule is C[C@@H](c1ccccc1)n1c(=O)[nH]c2ncc(-c3ccc(Br)cc3)nc21. The third-order valence-corrected chi connectivity index (χ3v) is 4.76. The highest BCUT2D eigenvalue weighted by Gasteiger charge is 2.17. The van der Waals surface area contributed by atoms with Crippen LogP contribution in [0.5, 0.6) is 0 Å². The number of H-pyrrole nitrogens is 1. The first kappa shape index (κ1) is 15.8. The van der Waals surface area contributed by atoms with Gasteiger partial charge in [-0.05, 0) is 24.6 Å². The van der Waals surface area contributed by atoms with Gasteiger partial charge in [0.15, 0.2) is 11.3 Å². The highest BCUT2D eigenvalue weighted by Crippen LogP contribution is 2.23. The maximum absolute atomic E-state index is 12.5. The predicted octanol–water partition coefficient (Wildman–Crippen LogP) is 4.16. The summed E-state index contributed by atoms with van der Waals surface area (Å²) >= 11 is 3.43. The second kappa shape index (κ2) is 6.29. The van der Waals surface area contributed by atoms with E-state index in [1.165, 1.54) is 0 Å². The molecule has 0 fully saturated rings. The van der Waals surface area contributed by atoms with E-state index in [4.69, 9.17) is 4.98 Å². The van der Waals surface area contributed by atoms with E-state index in [9.17, 15) is 4.79 Å². The summed E-state index contributed by atoms with van der Waals surface area (Å²) in [5.41, 5.74) is 3.56. The van der Waals surface area contributed by atoms with Gasteiger partial charge in [0.2, 0.25) is 0 Å². The van der Waals surface area contributed by atoms with Crippen molar-refractivity contribution in [3.63, 3.8) is 0 Å². The third-order valence-electron chi connectivity index (χ3n) is 4.24. The standard InChI is InChI=1S/C19H15BrN4O/c1-12(13-5-3-2-4-6-13)24-18-17(23-19(24)25)21-11-16(22-18)14-7-9-15(20)10-8-14/h2-12H,1H3,(H,21,23,25)/t12-/m0/s1. The van der Waals surface area contributed by atoms with Gasteiger partial charge in [-0.15, -0.1) is 0 Å². The molecule has 2 aromatic carbocycles. The van der Waals surface area contributed by atoms with Crippen LogP contribution in [0.4, 0.5) is 0 Å². The molecule has 0 aliphatic carbocycles. The molecule has 1 N–H and O–H groups in total. The summed E-state index contributed by atoms with van der Waals surface area (Å²) in [5, 5.41) is 0. The number of fused-ring (bicyclic) bond motifs is 1. The first-order valence-electron chi connectivity index (χ1n) is 7.91. The molecule has 2 heterocycles. The molecule has 0 amide bonds. The Morgan fingerprint density at radius 3 is 2.52 bits per heavy atom. The number of nitrogens with zero attached hydrogens (tertiary/aromatic N) is 3. The number of imidazole rings is 1. The molecule has 0 aliphatic heterocycles. The number of rotatable bonds is 3. The molecule has 0 bridgehead atoms. The average molecular weight is 395 g/mol. The van der Waals surface area contributed by atoms with Crippen molar-refractivity contribution in [2.75, 3.05) is 0 Å². The Balaban J connectivity index is 1.87. The fourth-order valence-electron chi connectivity index (χ4n) is 2.89. The zero-order valence-electron chi connectivity index (χ0n) is 13.5. The number of hydrogen-bond acceptors (Lipinski definition) is 3. The Morgan fingerprint density at radius 1 is 1.08 bits per heavy atom. The van der Waals surface area contributed by atoms with E-state index in [1.54, 1.807) is 10.8 Å². The fourth-order valence-corrected chi connectivity index (χ4v) is 3.16. The second-order valence-corrected chi connectivity index (χ2v) is 6.74. The number of benzene rings is 2. The molecular weight excluding hydrogens is 380 g/mol. The monoisotopic (exact) mass is 394 g/mol. The Hall–Kier alpha value is -2.73. The van der Waals surface area contributed by atoms with Gasteiger partial charge in [-0.3, -0.25) is 9.55 Å². The number of nitrogens with one attached hydrogen (secondary N) is 1. The largest absolute Gasteiger partial charge is 0.329 e. The zero-order chi connectivity index (χ0) is 17.4. The predicted molar refractivity (Wildman–Crippen MR) is 102 cm³/mol. The van der Waals surface area contributed by atoms with E-state index >= 15 is 0 Å². The zero-order valence-corrected chi connectivity index (χ0v) is 15.1. The minimum atomic E-state index is -0.209. The number of aromatic amines is 1. The molecule has 0 unspecified atom stereocenters. The van der Waals surface area contributed by atoms with Crippen LogP contribution >= 0.6 is 15.9 Å². The lowest BCUT2D eigenvalue weighted by molar-refractivity contribution is 0.631. The summed E-state index contributed by atoms with van der Waals surface area (Å²) in [6.45, 7) is 1.98. The maximum Gasteiger partial charge on any atom is 0.329 e. The molecule has 4 rings (SSSR count). The molecule has 0 saturated heterocycles. The number of halogens is 1. The molecule has 0 radical (unpaired) electrons. The first-order valence-corrected chi connectivity index (χ1v) is 8.71. The van der Waals surface area contributed by atoms with Crippen LogP contribution in [-0.2, 0) is 0 Å². The molecular formula is C19H15BrN4O. The minimum absolute atomic E-state index is 0.142. The van der Waals surface area contributed by atoms with E-state index in [0.717, 1.165) is 21.3 Å². The molecule has 1 atom stereocenters. The summed E-state index contributed by atoms with van der Waals surface area (Å²) < 4.78 is 2.65. The number of hydrogen-bond donors (Lipinski definition) is 1. The van der Waals surface area contributed by atoms with Gasteiger partial charge in [-0.1, -0.05) is 58.4 Å². The molecule has 25 heavy (non-hydrogen) atoms. The van der Waals surface area contributed by atoms with E-state index in [2.05, 4.69) is 25.9 Å². The smallest absolute Gasteiger partial charge is 0.289 e. The van der Waals surface area contributed by atoms with Crippen molar-refractivity contribution in [1.29, 1.82) is 0 Å². The van der Waals surface area contributed by atoms with Crippen molar-refractivity contribution in [2.45, 2.75) is 13.0 Å². The van der Waals surface area contributed by atoms with E-state index in [-0.39, 0.29) is 11.7 Å². The van der Waals surface area contributed by atoms with Gasteiger partial charge >= 0.3 is 5.69 Å². The van der Waals surface area contributed by atoms with Crippen LogP contribution in [0.3, 0.4) is 0 Å². The lowest BCUT2D eigenvalue weighted by Crippen LogP contribution is -2.21. The number of aromatic nitrogens is 4. The van der Waals surface area contributed by atoms with Gasteiger partial charge < -0.3 is 0 Å². The van der Waals surface area contributed by atoms with Crippen molar-refractivity contribution in [1.82, 2.24) is 19.5 Å². The summed E-state index contributed by atoms with van der Waals surface area (Å²) in [5.74, 6) is 0. The lowest BCUT2D eigenvalue weighted by atomic mass is 10.1. The minimum Gasteiger partial charge on any atom is -0.289 e. The van der Waals surface area contributed by atoms with Crippen molar-refractivity contribution >= 4 is 27.2 Å². The summed E-state index contributed by atoms with van der Waals surface area (Å²) in [6, 6.07) is 17.6.